The van der Waals surface area contributed by atoms with Crippen molar-refractivity contribution in [3.05, 3.63) is 35.9 Å². The molecule has 0 bridgehead atoms. The molecular weight excluding hydrogens is 294 g/mol. The number of hydrogen-bond acceptors (Lipinski definition) is 5. The summed E-state index contributed by atoms with van der Waals surface area (Å²) in [4.78, 5) is 24.6. The van der Waals surface area contributed by atoms with Crippen LogP contribution in [0.25, 0.3) is 10.8 Å². The van der Waals surface area contributed by atoms with Crippen molar-refractivity contribution in [3.63, 3.8) is 0 Å². The third kappa shape index (κ3) is 4.79. The highest BCUT2D eigenvalue weighted by Gasteiger charge is 2.12. The molecule has 0 amide bonds. The van der Waals surface area contributed by atoms with Crippen LogP contribution in [-0.2, 0) is 16.0 Å². The first-order valence-electron chi connectivity index (χ1n) is 7.43. The van der Waals surface area contributed by atoms with Crippen molar-refractivity contribution in [3.8, 4) is 11.5 Å². The van der Waals surface area contributed by atoms with Crippen LogP contribution in [0.15, 0.2) is 30.3 Å². The molecule has 0 aliphatic heterocycles. The average Bonchev–Trinajstić information content (AvgIpc) is 2.44. The van der Waals surface area contributed by atoms with Crippen LogP contribution in [-0.4, -0.2) is 37.5 Å². The van der Waals surface area contributed by atoms with E-state index in [1.54, 1.807) is 12.1 Å². The van der Waals surface area contributed by atoms with Gasteiger partial charge in [0.15, 0.2) is 11.5 Å². The number of carbonyl (C=O) groups is 2. The molecule has 0 unspecified atom stereocenters. The second-order valence-electron chi connectivity index (χ2n) is 5.72. The second kappa shape index (κ2) is 7.24. The van der Waals surface area contributed by atoms with E-state index >= 15 is 0 Å². The molecule has 0 saturated carbocycles. The zero-order valence-electron chi connectivity index (χ0n) is 13.9. The predicted molar refractivity (Wildman–Crippen MR) is 88.8 cm³/mol. The summed E-state index contributed by atoms with van der Waals surface area (Å²) >= 11 is 0. The van der Waals surface area contributed by atoms with Crippen LogP contribution in [0, 0.1) is 0 Å². The van der Waals surface area contributed by atoms with Crippen LogP contribution in [0.1, 0.15) is 19.4 Å². The fraction of sp³-hybridized carbons (Fsp3) is 0.333. The first kappa shape index (κ1) is 17.0. The smallest absolute Gasteiger partial charge is 0.308 e. The van der Waals surface area contributed by atoms with E-state index in [0.29, 0.717) is 0 Å². The van der Waals surface area contributed by atoms with E-state index in [4.69, 9.17) is 9.47 Å². The third-order valence-corrected chi connectivity index (χ3v) is 3.32. The molecule has 23 heavy (non-hydrogen) atoms. The summed E-state index contributed by atoms with van der Waals surface area (Å²) in [7, 11) is 4.07. The van der Waals surface area contributed by atoms with E-state index in [1.807, 2.05) is 20.2 Å². The molecule has 0 fully saturated rings. The Morgan fingerprint density at radius 1 is 0.913 bits per heavy atom. The Balaban J connectivity index is 2.42. The van der Waals surface area contributed by atoms with E-state index in [2.05, 4.69) is 17.0 Å². The summed E-state index contributed by atoms with van der Waals surface area (Å²) in [5.41, 5.74) is 1.19. The minimum absolute atomic E-state index is 0.251. The van der Waals surface area contributed by atoms with Gasteiger partial charge in [-0.15, -0.1) is 0 Å². The summed E-state index contributed by atoms with van der Waals surface area (Å²) in [6, 6.07) is 9.53. The molecule has 0 aromatic heterocycles. The fourth-order valence-electron chi connectivity index (χ4n) is 2.28. The number of benzene rings is 2. The largest absolute Gasteiger partial charge is 0.423 e. The molecule has 0 heterocycles. The van der Waals surface area contributed by atoms with Gasteiger partial charge < -0.3 is 14.4 Å². The highest BCUT2D eigenvalue weighted by Crippen LogP contribution is 2.33. The van der Waals surface area contributed by atoms with Crippen LogP contribution >= 0.6 is 0 Å². The van der Waals surface area contributed by atoms with Gasteiger partial charge in [-0.2, -0.15) is 0 Å². The maximum atomic E-state index is 11.3. The first-order valence-corrected chi connectivity index (χ1v) is 7.43. The molecule has 0 atom stereocenters. The van der Waals surface area contributed by atoms with Crippen molar-refractivity contribution >= 4 is 22.7 Å². The molecular formula is C18H21NO4. The normalized spacial score (nSPS) is 10.8. The Morgan fingerprint density at radius 2 is 1.48 bits per heavy atom. The number of nitrogens with zero attached hydrogens (tertiary/aromatic N) is 1. The monoisotopic (exact) mass is 315 g/mol. The lowest BCUT2D eigenvalue weighted by Crippen LogP contribution is -2.14. The van der Waals surface area contributed by atoms with Crippen LogP contribution < -0.4 is 9.47 Å². The molecule has 2 aromatic rings. The molecule has 5 heteroatoms. The first-order chi connectivity index (χ1) is 10.8. The van der Waals surface area contributed by atoms with Crippen LogP contribution in [0.5, 0.6) is 11.5 Å². The zero-order valence-corrected chi connectivity index (χ0v) is 13.9. The molecule has 0 radical (unpaired) electrons. The van der Waals surface area contributed by atoms with Gasteiger partial charge in [-0.05, 0) is 49.0 Å². The minimum Gasteiger partial charge on any atom is -0.423 e. The van der Waals surface area contributed by atoms with E-state index in [1.165, 1.54) is 19.4 Å². The number of likely N-dealkylation sites (N-methyl/N-ethyl adjacent to an activating group) is 1. The number of rotatable bonds is 5. The molecule has 0 spiro atoms. The second-order valence-corrected chi connectivity index (χ2v) is 5.72. The van der Waals surface area contributed by atoms with Crippen LogP contribution in [0.2, 0.25) is 0 Å². The van der Waals surface area contributed by atoms with E-state index in [0.717, 1.165) is 23.7 Å². The summed E-state index contributed by atoms with van der Waals surface area (Å²) < 4.78 is 10.3. The standard InChI is InChI=1S/C18H21NO4/c1-12(20)22-17-10-15-6-5-14(7-8-19(3)4)9-16(15)11-18(17)23-13(2)21/h5-6,9-11H,7-8H2,1-4H3. The number of ether oxygens (including phenoxy) is 2. The van der Waals surface area contributed by atoms with Gasteiger partial charge in [0, 0.05) is 20.4 Å². The Labute approximate surface area is 135 Å². The lowest BCUT2D eigenvalue weighted by atomic mass is 10.0. The van der Waals surface area contributed by atoms with Crippen molar-refractivity contribution in [1.29, 1.82) is 0 Å². The minimum atomic E-state index is -0.458. The SMILES string of the molecule is CC(=O)Oc1cc2ccc(CCN(C)C)cc2cc1OC(C)=O. The van der Waals surface area contributed by atoms with Crippen LogP contribution in [0.4, 0.5) is 0 Å². The maximum absolute atomic E-state index is 11.3. The topological polar surface area (TPSA) is 55.8 Å². The maximum Gasteiger partial charge on any atom is 0.308 e. The van der Waals surface area contributed by atoms with Gasteiger partial charge in [-0.1, -0.05) is 18.2 Å². The van der Waals surface area contributed by atoms with Gasteiger partial charge in [-0.3, -0.25) is 9.59 Å². The van der Waals surface area contributed by atoms with Gasteiger partial charge in [0.2, 0.25) is 0 Å². The van der Waals surface area contributed by atoms with Crippen molar-refractivity contribution in [2.45, 2.75) is 20.3 Å². The predicted octanol–water partition coefficient (Wildman–Crippen LogP) is 2.79. The molecule has 0 aliphatic rings. The summed E-state index contributed by atoms with van der Waals surface area (Å²) in [5.74, 6) is -0.409. The van der Waals surface area contributed by atoms with Crippen molar-refractivity contribution in [1.82, 2.24) is 4.90 Å². The Kier molecular flexibility index (Phi) is 5.34. The van der Waals surface area contributed by atoms with Gasteiger partial charge in [0.1, 0.15) is 0 Å². The quantitative estimate of drug-likeness (QED) is 0.627. The average molecular weight is 315 g/mol. The molecule has 5 nitrogen and oxygen atoms in total. The number of fused-ring (bicyclic) bond motifs is 1. The highest BCUT2D eigenvalue weighted by atomic mass is 16.6. The van der Waals surface area contributed by atoms with Crippen molar-refractivity contribution < 1.29 is 19.1 Å². The van der Waals surface area contributed by atoms with Gasteiger partial charge >= 0.3 is 11.9 Å². The lowest BCUT2D eigenvalue weighted by molar-refractivity contribution is -0.134. The molecule has 0 N–H and O–H groups in total. The summed E-state index contributed by atoms with van der Waals surface area (Å²) in [6.07, 6.45) is 0.928. The van der Waals surface area contributed by atoms with Crippen LogP contribution in [0.3, 0.4) is 0 Å². The van der Waals surface area contributed by atoms with Crippen molar-refractivity contribution in [2.24, 2.45) is 0 Å². The summed E-state index contributed by atoms with van der Waals surface area (Å²) in [5, 5.41) is 1.86. The van der Waals surface area contributed by atoms with Gasteiger partial charge in [-0.25, -0.2) is 0 Å². The lowest BCUT2D eigenvalue weighted by Gasteiger charge is -2.12. The van der Waals surface area contributed by atoms with E-state index in [9.17, 15) is 9.59 Å². The Hall–Kier alpha value is -2.40. The highest BCUT2D eigenvalue weighted by molar-refractivity contribution is 5.88. The number of esters is 2. The van der Waals surface area contributed by atoms with Crippen molar-refractivity contribution in [2.75, 3.05) is 20.6 Å². The third-order valence-electron chi connectivity index (χ3n) is 3.32. The van der Waals surface area contributed by atoms with E-state index in [-0.39, 0.29) is 11.5 Å². The molecule has 122 valence electrons. The number of hydrogen-bond donors (Lipinski definition) is 0. The van der Waals surface area contributed by atoms with E-state index < -0.39 is 11.9 Å². The number of carbonyl (C=O) groups excluding carboxylic acids is 2. The Morgan fingerprint density at radius 3 is 2.00 bits per heavy atom. The van der Waals surface area contributed by atoms with Gasteiger partial charge in [0.05, 0.1) is 0 Å². The molecule has 2 rings (SSSR count). The fourth-order valence-corrected chi connectivity index (χ4v) is 2.28. The molecule has 2 aromatic carbocycles. The Bertz CT molecular complexity index is 737. The summed E-state index contributed by atoms with van der Waals surface area (Å²) in [6.45, 7) is 3.58. The molecule has 0 aliphatic carbocycles. The van der Waals surface area contributed by atoms with Gasteiger partial charge in [0.25, 0.3) is 0 Å². The molecule has 0 saturated heterocycles. The zero-order chi connectivity index (χ0) is 17.0.